The summed E-state index contributed by atoms with van der Waals surface area (Å²) in [5, 5.41) is 18.6. The highest BCUT2D eigenvalue weighted by atomic mass is 32.2. The van der Waals surface area contributed by atoms with Crippen LogP contribution in [0.1, 0.15) is 26.8 Å². The molecule has 2 N–H and O–H groups in total. The molecule has 1 atom stereocenters. The van der Waals surface area contributed by atoms with Crippen molar-refractivity contribution in [2.75, 3.05) is 31.3 Å². The van der Waals surface area contributed by atoms with E-state index < -0.39 is 6.10 Å². The minimum Gasteiger partial charge on any atom is -0.491 e. The van der Waals surface area contributed by atoms with Gasteiger partial charge in [-0.1, -0.05) is 37.8 Å². The van der Waals surface area contributed by atoms with Gasteiger partial charge in [-0.05, 0) is 61.5 Å². The van der Waals surface area contributed by atoms with Gasteiger partial charge in [-0.3, -0.25) is 14.7 Å². The lowest BCUT2D eigenvalue weighted by atomic mass is 10.2. The molecule has 2 aromatic rings. The first-order chi connectivity index (χ1) is 15.5. The molecule has 0 aromatic heterocycles. The number of anilines is 1. The lowest BCUT2D eigenvalue weighted by molar-refractivity contribution is -0.113. The molecule has 1 heterocycles. The minimum absolute atomic E-state index is 0. The summed E-state index contributed by atoms with van der Waals surface area (Å²) < 4.78 is 10.8. The lowest BCUT2D eigenvalue weighted by Crippen LogP contribution is -2.29. The fourth-order valence-corrected chi connectivity index (χ4v) is 4.00. The van der Waals surface area contributed by atoms with E-state index in [-0.39, 0.29) is 32.6 Å². The summed E-state index contributed by atoms with van der Waals surface area (Å²) in [5.41, 5.74) is 1.68. The highest BCUT2D eigenvalue weighted by molar-refractivity contribution is 8.19. The third-order valence-electron chi connectivity index (χ3n) is 4.38. The molecule has 0 aliphatic carbocycles. The number of ether oxygens (including phenoxy) is 2. The number of rotatable bonds is 10. The molecule has 8 heteroatoms. The largest absolute Gasteiger partial charge is 0.491 e. The fourth-order valence-electron chi connectivity index (χ4n) is 2.89. The zero-order chi connectivity index (χ0) is 22.9. The van der Waals surface area contributed by atoms with Crippen LogP contribution in [0.25, 0.3) is 6.08 Å². The molecule has 3 rings (SSSR count). The summed E-state index contributed by atoms with van der Waals surface area (Å²) in [4.78, 5) is 20.0. The van der Waals surface area contributed by atoms with Crippen molar-refractivity contribution in [3.63, 3.8) is 0 Å². The van der Waals surface area contributed by atoms with Crippen LogP contribution in [0.4, 0.5) is 5.69 Å². The quantitative estimate of drug-likeness (QED) is 0.402. The van der Waals surface area contributed by atoms with Crippen molar-refractivity contribution < 1.29 is 24.5 Å². The van der Waals surface area contributed by atoms with Gasteiger partial charge < -0.3 is 19.7 Å². The van der Waals surface area contributed by atoms with Crippen molar-refractivity contribution in [1.82, 2.24) is 0 Å². The number of aliphatic hydroxyl groups excluding tert-OH is 2. The van der Waals surface area contributed by atoms with E-state index >= 15 is 0 Å². The number of amides is 1. The Kier molecular flexibility index (Phi) is 10.6. The maximum Gasteiger partial charge on any atom is 0.271 e. The average molecular weight is 473 g/mol. The van der Waals surface area contributed by atoms with E-state index in [4.69, 9.17) is 14.6 Å². The molecule has 33 heavy (non-hydrogen) atoms. The van der Waals surface area contributed by atoms with Crippen molar-refractivity contribution in [1.29, 1.82) is 0 Å². The van der Waals surface area contributed by atoms with Crippen LogP contribution in [0.15, 0.2) is 64.5 Å². The maximum atomic E-state index is 13.1. The lowest BCUT2D eigenvalue weighted by Gasteiger charge is -2.16. The van der Waals surface area contributed by atoms with Crippen LogP contribution >= 0.6 is 11.8 Å². The molecule has 1 unspecified atom stereocenters. The summed E-state index contributed by atoms with van der Waals surface area (Å²) >= 11 is 1.37. The van der Waals surface area contributed by atoms with Crippen molar-refractivity contribution >= 4 is 34.6 Å². The Bertz CT molecular complexity index is 945. The van der Waals surface area contributed by atoms with Crippen LogP contribution in [-0.2, 0) is 9.53 Å². The molecular weight excluding hydrogens is 440 g/mol. The number of hydrogen-bond donors (Lipinski definition) is 2. The smallest absolute Gasteiger partial charge is 0.271 e. The van der Waals surface area contributed by atoms with Crippen LogP contribution in [0.2, 0.25) is 0 Å². The standard InChI is InChI=1S/C24H28N2O5S.CH4/c1-17(2)25-24-26(19-6-4-3-5-7-19)23(29)22(32-24)14-18-8-10-21(11-9-18)31-13-12-30-16-20(28)15-27;/h3-11,14,17,20,27-28H,12-13,15-16H2,1-2H3;1H4/b22-14-,25-24?;. The summed E-state index contributed by atoms with van der Waals surface area (Å²) in [6, 6.07) is 17.0. The molecular formula is C25H32N2O5S. The number of benzene rings is 2. The number of carbonyl (C=O) groups is 1. The number of amidine groups is 1. The highest BCUT2D eigenvalue weighted by Crippen LogP contribution is 2.36. The third kappa shape index (κ3) is 7.71. The summed E-state index contributed by atoms with van der Waals surface area (Å²) in [5.74, 6) is 0.583. The molecule has 0 radical (unpaired) electrons. The first kappa shape index (κ1) is 26.6. The zero-order valence-corrected chi connectivity index (χ0v) is 19.0. The molecule has 7 nitrogen and oxygen atoms in total. The van der Waals surface area contributed by atoms with Crippen LogP contribution < -0.4 is 9.64 Å². The first-order valence-electron chi connectivity index (χ1n) is 10.4. The monoisotopic (exact) mass is 472 g/mol. The predicted molar refractivity (Wildman–Crippen MR) is 135 cm³/mol. The van der Waals surface area contributed by atoms with E-state index in [0.29, 0.717) is 29.0 Å². The molecule has 0 saturated carbocycles. The van der Waals surface area contributed by atoms with Crippen molar-refractivity contribution in [3.05, 3.63) is 65.1 Å². The molecule has 1 amide bonds. The van der Waals surface area contributed by atoms with E-state index in [2.05, 4.69) is 4.99 Å². The second-order valence-corrected chi connectivity index (χ2v) is 8.43. The summed E-state index contributed by atoms with van der Waals surface area (Å²) in [7, 11) is 0. The van der Waals surface area contributed by atoms with E-state index in [0.717, 1.165) is 11.3 Å². The Morgan fingerprint density at radius 2 is 1.79 bits per heavy atom. The van der Waals surface area contributed by atoms with Crippen LogP contribution in [0.5, 0.6) is 5.75 Å². The van der Waals surface area contributed by atoms with Gasteiger partial charge in [0.05, 0.1) is 30.4 Å². The van der Waals surface area contributed by atoms with Crippen molar-refractivity contribution in [2.24, 2.45) is 4.99 Å². The molecule has 1 aliphatic heterocycles. The zero-order valence-electron chi connectivity index (χ0n) is 18.2. The molecule has 2 aromatic carbocycles. The Hall–Kier alpha value is -2.65. The van der Waals surface area contributed by atoms with Crippen molar-refractivity contribution in [2.45, 2.75) is 33.4 Å². The van der Waals surface area contributed by atoms with Crippen LogP contribution in [0, 0.1) is 0 Å². The van der Waals surface area contributed by atoms with Gasteiger partial charge in [0.2, 0.25) is 0 Å². The Balaban J connectivity index is 0.00000385. The molecule has 0 bridgehead atoms. The van der Waals surface area contributed by atoms with Gasteiger partial charge in [0, 0.05) is 6.04 Å². The number of para-hydroxylation sites is 1. The average Bonchev–Trinajstić information content (AvgIpc) is 3.08. The second kappa shape index (κ2) is 13.2. The Morgan fingerprint density at radius 3 is 2.42 bits per heavy atom. The van der Waals surface area contributed by atoms with E-state index in [1.54, 1.807) is 4.90 Å². The van der Waals surface area contributed by atoms with Gasteiger partial charge in [-0.2, -0.15) is 0 Å². The van der Waals surface area contributed by atoms with E-state index in [1.807, 2.05) is 74.5 Å². The SMILES string of the molecule is C.CC(C)N=C1S/C(=C\c2ccc(OCCOCC(O)CO)cc2)C(=O)N1c1ccccc1. The highest BCUT2D eigenvalue weighted by Gasteiger charge is 2.34. The molecule has 1 fully saturated rings. The van der Waals surface area contributed by atoms with Gasteiger partial charge in [0.25, 0.3) is 5.91 Å². The molecule has 0 spiro atoms. The van der Waals surface area contributed by atoms with E-state index in [1.165, 1.54) is 11.8 Å². The van der Waals surface area contributed by atoms with Gasteiger partial charge in [-0.15, -0.1) is 0 Å². The van der Waals surface area contributed by atoms with Crippen LogP contribution in [-0.4, -0.2) is 59.9 Å². The molecule has 1 saturated heterocycles. The van der Waals surface area contributed by atoms with Gasteiger partial charge in [0.15, 0.2) is 5.17 Å². The normalized spacial score (nSPS) is 17.0. The number of aliphatic imine (C=N–C) groups is 1. The number of nitrogens with zero attached hydrogens (tertiary/aromatic N) is 2. The number of hydrogen-bond acceptors (Lipinski definition) is 7. The number of aliphatic hydroxyl groups is 2. The summed E-state index contributed by atoms with van der Waals surface area (Å²) in [6.07, 6.45) is 0.983. The second-order valence-electron chi connectivity index (χ2n) is 7.42. The van der Waals surface area contributed by atoms with Gasteiger partial charge >= 0.3 is 0 Å². The number of thioether (sulfide) groups is 1. The van der Waals surface area contributed by atoms with Crippen molar-refractivity contribution in [3.8, 4) is 5.75 Å². The predicted octanol–water partition coefficient (Wildman–Crippen LogP) is 3.96. The topological polar surface area (TPSA) is 91.6 Å². The van der Waals surface area contributed by atoms with Crippen LogP contribution in [0.3, 0.4) is 0 Å². The first-order valence-corrected chi connectivity index (χ1v) is 11.3. The van der Waals surface area contributed by atoms with Gasteiger partial charge in [0.1, 0.15) is 18.5 Å². The fraction of sp³-hybridized carbons (Fsp3) is 0.360. The number of carbonyl (C=O) groups excluding carboxylic acids is 1. The maximum absolute atomic E-state index is 13.1. The Labute approximate surface area is 199 Å². The summed E-state index contributed by atoms with van der Waals surface area (Å²) in [6.45, 7) is 4.35. The third-order valence-corrected chi connectivity index (χ3v) is 5.37. The van der Waals surface area contributed by atoms with E-state index in [9.17, 15) is 9.90 Å². The Morgan fingerprint density at radius 1 is 1.09 bits per heavy atom. The van der Waals surface area contributed by atoms with Gasteiger partial charge in [-0.25, -0.2) is 0 Å². The molecule has 178 valence electrons. The molecule has 1 aliphatic rings. The minimum atomic E-state index is -0.873.